The van der Waals surface area contributed by atoms with Crippen molar-refractivity contribution in [2.75, 3.05) is 23.8 Å². The number of nitrogens with zero attached hydrogens (tertiary/aromatic N) is 3. The number of nitrogens with one attached hydrogen (secondary N) is 1. The quantitative estimate of drug-likeness (QED) is 0.854. The number of aromatic nitrogens is 2. The lowest BCUT2D eigenvalue weighted by Gasteiger charge is -2.14. The van der Waals surface area contributed by atoms with E-state index in [-0.39, 0.29) is 0 Å². The second kappa shape index (κ2) is 4.70. The zero-order chi connectivity index (χ0) is 13.4. The molecule has 0 unspecified atom stereocenters. The van der Waals surface area contributed by atoms with Gasteiger partial charge in [-0.3, -0.25) is 0 Å². The highest BCUT2D eigenvalue weighted by molar-refractivity contribution is 6.29. The molecule has 0 spiro atoms. The number of hydrogen-bond acceptors (Lipinski definition) is 4. The molecule has 0 fully saturated rings. The van der Waals surface area contributed by atoms with Crippen LogP contribution in [-0.4, -0.2) is 23.6 Å². The van der Waals surface area contributed by atoms with E-state index in [1.807, 2.05) is 6.92 Å². The van der Waals surface area contributed by atoms with Gasteiger partial charge in [-0.1, -0.05) is 17.7 Å². The van der Waals surface area contributed by atoms with Crippen LogP contribution in [-0.2, 0) is 6.42 Å². The molecule has 0 bridgehead atoms. The zero-order valence-electron chi connectivity index (χ0n) is 10.9. The second-order valence-corrected chi connectivity index (χ2v) is 5.15. The maximum atomic E-state index is 5.93. The Morgan fingerprint density at radius 1 is 1.26 bits per heavy atom. The molecule has 0 aliphatic carbocycles. The molecule has 0 saturated heterocycles. The van der Waals surface area contributed by atoms with Crippen LogP contribution in [0.1, 0.15) is 11.4 Å². The number of aryl methyl sites for hydroxylation is 1. The smallest absolute Gasteiger partial charge is 0.135 e. The molecule has 1 aliphatic rings. The number of likely N-dealkylation sites (N-methyl/N-ethyl adjacent to an activating group) is 1. The van der Waals surface area contributed by atoms with Crippen LogP contribution in [0.5, 0.6) is 0 Å². The molecule has 5 heteroatoms. The molecule has 0 radical (unpaired) electrons. The average molecular weight is 275 g/mol. The molecule has 19 heavy (non-hydrogen) atoms. The molecular weight excluding hydrogens is 260 g/mol. The fourth-order valence-corrected chi connectivity index (χ4v) is 2.59. The summed E-state index contributed by atoms with van der Waals surface area (Å²) in [6.07, 6.45) is 1.12. The van der Waals surface area contributed by atoms with Gasteiger partial charge in [-0.15, -0.1) is 0 Å². The number of rotatable bonds is 2. The predicted octanol–water partition coefficient (Wildman–Crippen LogP) is 3.17. The van der Waals surface area contributed by atoms with Crippen LogP contribution in [0.25, 0.3) is 0 Å². The van der Waals surface area contributed by atoms with E-state index in [0.717, 1.165) is 24.5 Å². The van der Waals surface area contributed by atoms with Crippen molar-refractivity contribution >= 4 is 28.8 Å². The lowest BCUT2D eigenvalue weighted by molar-refractivity contribution is 0.956. The molecule has 3 rings (SSSR count). The standard InChI is InChI=1S/C14H15ClN4/c1-9-16-13(15)8-14(17-9)18-11-4-3-10-5-6-19(2)12(10)7-11/h3-4,7-8H,5-6H2,1-2H3,(H,16,17,18). The van der Waals surface area contributed by atoms with Crippen LogP contribution < -0.4 is 10.2 Å². The molecular formula is C14H15ClN4. The largest absolute Gasteiger partial charge is 0.374 e. The maximum absolute atomic E-state index is 5.93. The third kappa shape index (κ3) is 2.49. The Bertz CT molecular complexity index is 607. The van der Waals surface area contributed by atoms with Gasteiger partial charge in [0.05, 0.1) is 0 Å². The topological polar surface area (TPSA) is 41.1 Å². The zero-order valence-corrected chi connectivity index (χ0v) is 11.7. The van der Waals surface area contributed by atoms with Crippen LogP contribution >= 0.6 is 11.6 Å². The lowest BCUT2D eigenvalue weighted by Crippen LogP contribution is -2.12. The summed E-state index contributed by atoms with van der Waals surface area (Å²) in [6.45, 7) is 2.91. The highest BCUT2D eigenvalue weighted by Gasteiger charge is 2.15. The molecule has 2 aromatic rings. The van der Waals surface area contributed by atoms with Gasteiger partial charge in [0.2, 0.25) is 0 Å². The van der Waals surface area contributed by atoms with Crippen LogP contribution in [0.15, 0.2) is 24.3 Å². The summed E-state index contributed by atoms with van der Waals surface area (Å²) in [7, 11) is 2.11. The number of halogens is 1. The first kappa shape index (κ1) is 12.2. The van der Waals surface area contributed by atoms with Gasteiger partial charge >= 0.3 is 0 Å². The van der Waals surface area contributed by atoms with E-state index < -0.39 is 0 Å². The van der Waals surface area contributed by atoms with Crippen LogP contribution in [0, 0.1) is 6.92 Å². The van der Waals surface area contributed by atoms with E-state index in [9.17, 15) is 0 Å². The van der Waals surface area contributed by atoms with Crippen molar-refractivity contribution in [2.24, 2.45) is 0 Å². The maximum Gasteiger partial charge on any atom is 0.135 e. The minimum Gasteiger partial charge on any atom is -0.374 e. The van der Waals surface area contributed by atoms with Crippen molar-refractivity contribution in [1.82, 2.24) is 9.97 Å². The van der Waals surface area contributed by atoms with Crippen LogP contribution in [0.2, 0.25) is 5.15 Å². The first-order valence-electron chi connectivity index (χ1n) is 6.24. The van der Waals surface area contributed by atoms with Gasteiger partial charge in [0.25, 0.3) is 0 Å². The normalized spacial score (nSPS) is 13.5. The molecule has 1 aromatic heterocycles. The molecule has 1 N–H and O–H groups in total. The van der Waals surface area contributed by atoms with E-state index in [2.05, 4.69) is 45.4 Å². The molecule has 0 amide bonds. The van der Waals surface area contributed by atoms with Gasteiger partial charge in [0.15, 0.2) is 0 Å². The van der Waals surface area contributed by atoms with E-state index in [1.54, 1.807) is 6.07 Å². The van der Waals surface area contributed by atoms with Crippen LogP contribution in [0.4, 0.5) is 17.2 Å². The second-order valence-electron chi connectivity index (χ2n) is 4.76. The molecule has 98 valence electrons. The molecule has 2 heterocycles. The highest BCUT2D eigenvalue weighted by atomic mass is 35.5. The summed E-state index contributed by atoms with van der Waals surface area (Å²) < 4.78 is 0. The Balaban J connectivity index is 1.89. The third-order valence-corrected chi connectivity index (χ3v) is 3.49. The fraction of sp³-hybridized carbons (Fsp3) is 0.286. The van der Waals surface area contributed by atoms with Crippen molar-refractivity contribution in [1.29, 1.82) is 0 Å². The summed E-state index contributed by atoms with van der Waals surface area (Å²) in [5.74, 6) is 1.38. The highest BCUT2D eigenvalue weighted by Crippen LogP contribution is 2.30. The van der Waals surface area contributed by atoms with Gasteiger partial charge < -0.3 is 10.2 Å². The van der Waals surface area contributed by atoms with E-state index in [0.29, 0.717) is 11.0 Å². The minimum absolute atomic E-state index is 0.452. The molecule has 0 atom stereocenters. The monoisotopic (exact) mass is 274 g/mol. The van der Waals surface area contributed by atoms with Crippen LogP contribution in [0.3, 0.4) is 0 Å². The van der Waals surface area contributed by atoms with Crippen molar-refractivity contribution in [3.8, 4) is 0 Å². The number of benzene rings is 1. The average Bonchev–Trinajstić information content (AvgIpc) is 2.70. The molecule has 0 saturated carbocycles. The van der Waals surface area contributed by atoms with E-state index in [4.69, 9.17) is 11.6 Å². The number of anilines is 3. The SMILES string of the molecule is Cc1nc(Cl)cc(Nc2ccc3c(c2)N(C)CC3)n1. The Hall–Kier alpha value is -1.81. The summed E-state index contributed by atoms with van der Waals surface area (Å²) in [4.78, 5) is 10.6. The Kier molecular flexibility index (Phi) is 3.03. The third-order valence-electron chi connectivity index (χ3n) is 3.29. The fourth-order valence-electron chi connectivity index (χ4n) is 2.36. The van der Waals surface area contributed by atoms with Crippen molar-refractivity contribution in [3.05, 3.63) is 40.8 Å². The van der Waals surface area contributed by atoms with E-state index >= 15 is 0 Å². The number of hydrogen-bond donors (Lipinski definition) is 1. The van der Waals surface area contributed by atoms with Gasteiger partial charge in [-0.25, -0.2) is 9.97 Å². The molecule has 4 nitrogen and oxygen atoms in total. The van der Waals surface area contributed by atoms with Gasteiger partial charge in [0.1, 0.15) is 16.8 Å². The summed E-state index contributed by atoms with van der Waals surface area (Å²) in [6, 6.07) is 8.11. The Morgan fingerprint density at radius 2 is 2.11 bits per heavy atom. The predicted molar refractivity (Wildman–Crippen MR) is 78.5 cm³/mol. The first-order chi connectivity index (χ1) is 9.11. The van der Waals surface area contributed by atoms with Gasteiger partial charge in [-0.2, -0.15) is 0 Å². The lowest BCUT2D eigenvalue weighted by atomic mass is 10.1. The Labute approximate surface area is 117 Å². The van der Waals surface area contributed by atoms with Crippen molar-refractivity contribution in [3.63, 3.8) is 0 Å². The minimum atomic E-state index is 0.452. The molecule has 1 aromatic carbocycles. The van der Waals surface area contributed by atoms with Crippen molar-refractivity contribution < 1.29 is 0 Å². The van der Waals surface area contributed by atoms with Crippen molar-refractivity contribution in [2.45, 2.75) is 13.3 Å². The summed E-state index contributed by atoms with van der Waals surface area (Å²) >= 11 is 5.93. The number of fused-ring (bicyclic) bond motifs is 1. The summed E-state index contributed by atoms with van der Waals surface area (Å²) in [5.41, 5.74) is 3.69. The summed E-state index contributed by atoms with van der Waals surface area (Å²) in [5, 5.41) is 3.73. The van der Waals surface area contributed by atoms with Gasteiger partial charge in [0, 0.05) is 31.0 Å². The van der Waals surface area contributed by atoms with E-state index in [1.165, 1.54) is 11.3 Å². The first-order valence-corrected chi connectivity index (χ1v) is 6.62. The van der Waals surface area contributed by atoms with Gasteiger partial charge in [-0.05, 0) is 31.0 Å². The Morgan fingerprint density at radius 3 is 2.89 bits per heavy atom. The molecule has 1 aliphatic heterocycles.